The van der Waals surface area contributed by atoms with E-state index in [1.54, 1.807) is 0 Å². The lowest BCUT2D eigenvalue weighted by Gasteiger charge is -2.09. The molecule has 1 aliphatic rings. The number of hydrogen-bond acceptors (Lipinski definition) is 3. The number of rotatable bonds is 4. The van der Waals surface area contributed by atoms with Crippen molar-refractivity contribution >= 4 is 16.6 Å². The number of benzene rings is 1. The number of nitrogen functional groups attached to an aromatic ring is 1. The Kier molecular flexibility index (Phi) is 2.82. The number of nitrogens with two attached hydrogens (primary N) is 1. The average molecular weight is 242 g/mol. The molecule has 0 unspecified atom stereocenters. The van der Waals surface area contributed by atoms with Gasteiger partial charge in [0.2, 0.25) is 0 Å². The molecule has 1 heterocycles. The summed E-state index contributed by atoms with van der Waals surface area (Å²) in [6.45, 7) is 2.83. The van der Waals surface area contributed by atoms with Crippen LogP contribution in [0.4, 0.5) is 5.69 Å². The largest absolute Gasteiger partial charge is 0.494 e. The van der Waals surface area contributed by atoms with Gasteiger partial charge in [-0.3, -0.25) is 4.98 Å². The van der Waals surface area contributed by atoms with Crippen LogP contribution >= 0.6 is 0 Å². The van der Waals surface area contributed by atoms with Gasteiger partial charge in [-0.15, -0.1) is 0 Å². The van der Waals surface area contributed by atoms with Gasteiger partial charge in [-0.1, -0.05) is 6.92 Å². The van der Waals surface area contributed by atoms with E-state index in [0.29, 0.717) is 5.92 Å². The van der Waals surface area contributed by atoms with Crippen molar-refractivity contribution in [2.45, 2.75) is 32.1 Å². The van der Waals surface area contributed by atoms with Crippen molar-refractivity contribution in [2.24, 2.45) is 0 Å². The molecule has 94 valence electrons. The highest BCUT2D eigenvalue weighted by Crippen LogP contribution is 2.40. The van der Waals surface area contributed by atoms with Crippen LogP contribution in [-0.4, -0.2) is 11.6 Å². The van der Waals surface area contributed by atoms with Crippen LogP contribution < -0.4 is 10.5 Å². The molecule has 3 rings (SSSR count). The lowest BCUT2D eigenvalue weighted by molar-refractivity contribution is 0.318. The summed E-state index contributed by atoms with van der Waals surface area (Å²) in [5.74, 6) is 1.50. The molecule has 0 aliphatic heterocycles. The van der Waals surface area contributed by atoms with E-state index in [2.05, 4.69) is 11.9 Å². The van der Waals surface area contributed by atoms with Crippen LogP contribution in [-0.2, 0) is 0 Å². The van der Waals surface area contributed by atoms with Crippen molar-refractivity contribution < 1.29 is 4.74 Å². The third-order valence-corrected chi connectivity index (χ3v) is 3.30. The van der Waals surface area contributed by atoms with Gasteiger partial charge >= 0.3 is 0 Å². The van der Waals surface area contributed by atoms with Gasteiger partial charge in [-0.2, -0.15) is 0 Å². The van der Waals surface area contributed by atoms with Gasteiger partial charge in [-0.05, 0) is 43.5 Å². The highest BCUT2D eigenvalue weighted by atomic mass is 16.5. The lowest BCUT2D eigenvalue weighted by Crippen LogP contribution is -1.97. The van der Waals surface area contributed by atoms with Crippen LogP contribution in [0.2, 0.25) is 0 Å². The van der Waals surface area contributed by atoms with Crippen LogP contribution in [0.5, 0.6) is 5.75 Å². The van der Waals surface area contributed by atoms with E-state index in [4.69, 9.17) is 10.5 Å². The molecule has 18 heavy (non-hydrogen) atoms. The predicted octanol–water partition coefficient (Wildman–Crippen LogP) is 3.48. The second-order valence-electron chi connectivity index (χ2n) is 4.94. The van der Waals surface area contributed by atoms with Gasteiger partial charge in [0.15, 0.2) is 0 Å². The highest BCUT2D eigenvalue weighted by molar-refractivity contribution is 5.91. The minimum atomic E-state index is 0.632. The Labute approximate surface area is 107 Å². The zero-order valence-electron chi connectivity index (χ0n) is 10.6. The lowest BCUT2D eigenvalue weighted by atomic mass is 10.1. The summed E-state index contributed by atoms with van der Waals surface area (Å²) in [6.07, 6.45) is 3.50. The predicted molar refractivity (Wildman–Crippen MR) is 73.9 cm³/mol. The molecule has 1 saturated carbocycles. The number of ether oxygens (including phenoxy) is 1. The zero-order valence-corrected chi connectivity index (χ0v) is 10.6. The number of pyridine rings is 1. The van der Waals surface area contributed by atoms with E-state index in [-0.39, 0.29) is 0 Å². The Balaban J connectivity index is 2.00. The van der Waals surface area contributed by atoms with E-state index in [1.165, 1.54) is 12.8 Å². The van der Waals surface area contributed by atoms with E-state index in [1.807, 2.05) is 24.3 Å². The SMILES string of the molecule is CCCOc1ccc2nc(C3CC3)cc(N)c2c1. The van der Waals surface area contributed by atoms with Crippen molar-refractivity contribution in [1.29, 1.82) is 0 Å². The smallest absolute Gasteiger partial charge is 0.120 e. The van der Waals surface area contributed by atoms with Gasteiger partial charge in [0.25, 0.3) is 0 Å². The first-order valence-electron chi connectivity index (χ1n) is 6.61. The molecule has 0 atom stereocenters. The minimum absolute atomic E-state index is 0.632. The van der Waals surface area contributed by atoms with E-state index in [9.17, 15) is 0 Å². The van der Waals surface area contributed by atoms with Crippen molar-refractivity contribution in [1.82, 2.24) is 4.98 Å². The third kappa shape index (κ3) is 2.13. The first-order chi connectivity index (χ1) is 8.78. The van der Waals surface area contributed by atoms with E-state index in [0.717, 1.165) is 41.1 Å². The second kappa shape index (κ2) is 4.48. The summed E-state index contributed by atoms with van der Waals surface area (Å²) >= 11 is 0. The monoisotopic (exact) mass is 242 g/mol. The Bertz CT molecular complexity index is 576. The van der Waals surface area contributed by atoms with Crippen LogP contribution in [0, 0.1) is 0 Å². The fraction of sp³-hybridized carbons (Fsp3) is 0.400. The topological polar surface area (TPSA) is 48.1 Å². The fourth-order valence-corrected chi connectivity index (χ4v) is 2.15. The maximum atomic E-state index is 6.12. The molecule has 0 saturated heterocycles. The summed E-state index contributed by atoms with van der Waals surface area (Å²) in [7, 11) is 0. The standard InChI is InChI=1S/C15H18N2O/c1-2-7-18-11-5-6-14-12(8-11)13(16)9-15(17-14)10-3-4-10/h5-6,8-10H,2-4,7H2,1H3,(H2,16,17). The van der Waals surface area contributed by atoms with Crippen LogP contribution in [0.25, 0.3) is 10.9 Å². The summed E-state index contributed by atoms with van der Waals surface area (Å²) in [4.78, 5) is 4.68. The third-order valence-electron chi connectivity index (χ3n) is 3.30. The molecule has 2 aromatic rings. The van der Waals surface area contributed by atoms with Gasteiger partial charge < -0.3 is 10.5 Å². The number of fused-ring (bicyclic) bond motifs is 1. The second-order valence-corrected chi connectivity index (χ2v) is 4.94. The quantitative estimate of drug-likeness (QED) is 0.892. The Morgan fingerprint density at radius 2 is 2.17 bits per heavy atom. The minimum Gasteiger partial charge on any atom is -0.494 e. The fourth-order valence-electron chi connectivity index (χ4n) is 2.15. The van der Waals surface area contributed by atoms with Crippen LogP contribution in [0.3, 0.4) is 0 Å². The first-order valence-corrected chi connectivity index (χ1v) is 6.61. The highest BCUT2D eigenvalue weighted by Gasteiger charge is 2.25. The molecular weight excluding hydrogens is 224 g/mol. The molecule has 0 bridgehead atoms. The summed E-state index contributed by atoms with van der Waals surface area (Å²) < 4.78 is 5.62. The Hall–Kier alpha value is -1.77. The van der Waals surface area contributed by atoms with Crippen molar-refractivity contribution in [3.8, 4) is 5.75 Å². The molecule has 2 N–H and O–H groups in total. The van der Waals surface area contributed by atoms with Gasteiger partial charge in [0.05, 0.1) is 12.1 Å². The van der Waals surface area contributed by atoms with Crippen molar-refractivity contribution in [3.05, 3.63) is 30.0 Å². The molecule has 0 amide bonds. The maximum absolute atomic E-state index is 6.12. The zero-order chi connectivity index (χ0) is 12.5. The van der Waals surface area contributed by atoms with Crippen molar-refractivity contribution in [3.63, 3.8) is 0 Å². The van der Waals surface area contributed by atoms with Gasteiger partial charge in [-0.25, -0.2) is 0 Å². The Morgan fingerprint density at radius 3 is 2.89 bits per heavy atom. The number of anilines is 1. The molecule has 1 aromatic heterocycles. The summed E-state index contributed by atoms with van der Waals surface area (Å²) in [6, 6.07) is 7.98. The molecule has 3 heteroatoms. The molecule has 1 aliphatic carbocycles. The normalized spacial score (nSPS) is 14.9. The summed E-state index contributed by atoms with van der Waals surface area (Å²) in [5, 5.41) is 0.994. The number of hydrogen-bond donors (Lipinski definition) is 1. The molecule has 0 spiro atoms. The van der Waals surface area contributed by atoms with Gasteiger partial charge in [0.1, 0.15) is 5.75 Å². The molecule has 0 radical (unpaired) electrons. The van der Waals surface area contributed by atoms with Crippen LogP contribution in [0.15, 0.2) is 24.3 Å². The molecule has 3 nitrogen and oxygen atoms in total. The van der Waals surface area contributed by atoms with E-state index >= 15 is 0 Å². The number of aromatic nitrogens is 1. The van der Waals surface area contributed by atoms with E-state index < -0.39 is 0 Å². The number of nitrogens with zero attached hydrogens (tertiary/aromatic N) is 1. The maximum Gasteiger partial charge on any atom is 0.120 e. The summed E-state index contributed by atoms with van der Waals surface area (Å²) in [5.41, 5.74) is 9.05. The Morgan fingerprint density at radius 1 is 1.33 bits per heavy atom. The average Bonchev–Trinajstić information content (AvgIpc) is 3.20. The first kappa shape index (κ1) is 11.3. The molecular formula is C15H18N2O. The van der Waals surface area contributed by atoms with Crippen molar-refractivity contribution in [2.75, 3.05) is 12.3 Å². The van der Waals surface area contributed by atoms with Gasteiger partial charge in [0, 0.05) is 22.7 Å². The molecule has 1 aromatic carbocycles. The van der Waals surface area contributed by atoms with Crippen LogP contribution in [0.1, 0.15) is 37.8 Å². The molecule has 1 fully saturated rings.